The minimum atomic E-state index is -4.46. The fourth-order valence-electron chi connectivity index (χ4n) is 3.39. The molecule has 0 saturated carbocycles. The fraction of sp³-hybridized carbons (Fsp3) is 0.231. The average molecular weight is 533 g/mol. The third-order valence-electron chi connectivity index (χ3n) is 5.15. The summed E-state index contributed by atoms with van der Waals surface area (Å²) < 4.78 is 62.4. The number of Topliss-reactive ketones (excluding diaryl/α,β-unsaturated/α-hetero) is 1. The van der Waals surface area contributed by atoms with Crippen molar-refractivity contribution in [3.8, 4) is 5.75 Å². The van der Waals surface area contributed by atoms with E-state index < -0.39 is 56.2 Å². The average Bonchev–Trinajstić information content (AvgIpc) is 2.84. The van der Waals surface area contributed by atoms with Gasteiger partial charge in [-0.15, -0.1) is 0 Å². The zero-order chi connectivity index (χ0) is 27.5. The van der Waals surface area contributed by atoms with Gasteiger partial charge in [-0.05, 0) is 44.5 Å². The number of sulfonamides is 1. The van der Waals surface area contributed by atoms with Crippen molar-refractivity contribution in [1.29, 1.82) is 0 Å². The molecular weight excluding hydrogens is 506 g/mol. The van der Waals surface area contributed by atoms with Crippen LogP contribution in [-0.4, -0.2) is 37.9 Å². The molecule has 0 radical (unpaired) electrons. The first kappa shape index (κ1) is 27.8. The molecule has 0 saturated heterocycles. The van der Waals surface area contributed by atoms with Crippen LogP contribution in [0.4, 0.5) is 14.5 Å². The number of nitrogens with one attached hydrogen (secondary N) is 2. The summed E-state index contributed by atoms with van der Waals surface area (Å²) in [5.41, 5.74) is -1.79. The predicted octanol–water partition coefficient (Wildman–Crippen LogP) is 4.22. The zero-order valence-electron chi connectivity index (χ0n) is 20.5. The number of methoxy groups -OCH3 is 1. The van der Waals surface area contributed by atoms with Crippen LogP contribution in [0.15, 0.2) is 65.6 Å². The second-order valence-electron chi connectivity index (χ2n) is 9.16. The first-order valence-corrected chi connectivity index (χ1v) is 12.5. The highest BCUT2D eigenvalue weighted by atomic mass is 32.2. The van der Waals surface area contributed by atoms with Crippen molar-refractivity contribution in [2.75, 3.05) is 11.8 Å². The van der Waals surface area contributed by atoms with Crippen molar-refractivity contribution in [1.82, 2.24) is 5.32 Å². The molecule has 0 aliphatic carbocycles. The van der Waals surface area contributed by atoms with Crippen LogP contribution in [0.1, 0.15) is 53.2 Å². The lowest BCUT2D eigenvalue weighted by atomic mass is 9.99. The Balaban J connectivity index is 1.88. The zero-order valence-corrected chi connectivity index (χ0v) is 21.3. The molecule has 0 spiro atoms. The van der Waals surface area contributed by atoms with Crippen LogP contribution >= 0.6 is 0 Å². The number of ether oxygens (including phenoxy) is 1. The Bertz CT molecular complexity index is 1440. The smallest absolute Gasteiger partial charge is 0.262 e. The van der Waals surface area contributed by atoms with Crippen molar-refractivity contribution in [3.63, 3.8) is 0 Å². The van der Waals surface area contributed by atoms with E-state index in [0.29, 0.717) is 12.1 Å². The number of hydrogen-bond acceptors (Lipinski definition) is 6. The van der Waals surface area contributed by atoms with Crippen LogP contribution in [-0.2, 0) is 10.0 Å². The lowest BCUT2D eigenvalue weighted by Gasteiger charge is -2.21. The Hall–Kier alpha value is -3.83. The van der Waals surface area contributed by atoms with Gasteiger partial charge in [0.25, 0.3) is 15.9 Å². The third kappa shape index (κ3) is 6.49. The number of amides is 1. The number of aliphatic hydroxyl groups excluding tert-OH is 1. The molecular formula is C26H26F2N2O6S. The fourth-order valence-corrected chi connectivity index (χ4v) is 4.46. The Morgan fingerprint density at radius 1 is 0.946 bits per heavy atom. The van der Waals surface area contributed by atoms with Crippen LogP contribution < -0.4 is 14.8 Å². The van der Waals surface area contributed by atoms with Crippen molar-refractivity contribution in [2.24, 2.45) is 0 Å². The maximum absolute atomic E-state index is 14.8. The minimum Gasteiger partial charge on any atom is -0.496 e. The van der Waals surface area contributed by atoms with Crippen molar-refractivity contribution in [2.45, 2.75) is 37.3 Å². The SMILES string of the molecule is COc1cc(S(=O)(=O)Nc2cc(F)c(C(=O)C(O)c3ccccc3)cc2F)ccc1C(=O)NC(C)(C)C. The highest BCUT2D eigenvalue weighted by Gasteiger charge is 2.26. The van der Waals surface area contributed by atoms with Crippen LogP contribution in [0.25, 0.3) is 0 Å². The largest absolute Gasteiger partial charge is 0.496 e. The highest BCUT2D eigenvalue weighted by molar-refractivity contribution is 7.92. The monoisotopic (exact) mass is 532 g/mol. The highest BCUT2D eigenvalue weighted by Crippen LogP contribution is 2.28. The van der Waals surface area contributed by atoms with E-state index in [1.165, 1.54) is 25.3 Å². The first-order valence-electron chi connectivity index (χ1n) is 11.0. The summed E-state index contributed by atoms with van der Waals surface area (Å²) in [6, 6.07) is 12.1. The number of aliphatic hydroxyl groups is 1. The van der Waals surface area contributed by atoms with Crippen molar-refractivity contribution < 1.29 is 36.6 Å². The number of hydrogen-bond donors (Lipinski definition) is 3. The quantitative estimate of drug-likeness (QED) is 0.374. The van der Waals surface area contributed by atoms with Gasteiger partial charge >= 0.3 is 0 Å². The molecule has 1 unspecified atom stereocenters. The van der Waals surface area contributed by atoms with Gasteiger partial charge in [-0.3, -0.25) is 14.3 Å². The standard InChI is InChI=1S/C26H26F2N2O6S/c1-26(2,3)29-25(33)17-11-10-16(12-22(17)36-4)37(34,35)30-21-14-19(27)18(13-20(21)28)24(32)23(31)15-8-6-5-7-9-15/h5-14,23,30-31H,1-4H3,(H,29,33). The normalized spacial score (nSPS) is 12.5. The second-order valence-corrected chi connectivity index (χ2v) is 10.8. The van der Waals surface area contributed by atoms with E-state index in [-0.39, 0.29) is 21.8 Å². The van der Waals surface area contributed by atoms with E-state index in [1.807, 2.05) is 4.72 Å². The molecule has 0 aromatic heterocycles. The van der Waals surface area contributed by atoms with Gasteiger partial charge in [-0.1, -0.05) is 30.3 Å². The molecule has 11 heteroatoms. The van der Waals surface area contributed by atoms with E-state index >= 15 is 0 Å². The van der Waals surface area contributed by atoms with Crippen LogP contribution in [0, 0.1) is 11.6 Å². The van der Waals surface area contributed by atoms with Crippen LogP contribution in [0.2, 0.25) is 0 Å². The molecule has 3 rings (SSSR count). The number of anilines is 1. The molecule has 0 heterocycles. The van der Waals surface area contributed by atoms with E-state index in [4.69, 9.17) is 4.74 Å². The van der Waals surface area contributed by atoms with Crippen molar-refractivity contribution >= 4 is 27.4 Å². The molecule has 0 bridgehead atoms. The maximum Gasteiger partial charge on any atom is 0.262 e. The summed E-state index contributed by atoms with van der Waals surface area (Å²) >= 11 is 0. The molecule has 3 aromatic rings. The van der Waals surface area contributed by atoms with E-state index in [0.717, 1.165) is 12.1 Å². The molecule has 196 valence electrons. The molecule has 1 atom stereocenters. The molecule has 0 fully saturated rings. The molecule has 0 aliphatic rings. The Morgan fingerprint density at radius 3 is 2.19 bits per heavy atom. The predicted molar refractivity (Wildman–Crippen MR) is 133 cm³/mol. The summed E-state index contributed by atoms with van der Waals surface area (Å²) in [6.45, 7) is 5.32. The van der Waals surface area contributed by atoms with Crippen molar-refractivity contribution in [3.05, 3.63) is 89.0 Å². The number of carbonyl (C=O) groups excluding carboxylic acids is 2. The number of ketones is 1. The number of benzene rings is 3. The summed E-state index contributed by atoms with van der Waals surface area (Å²) in [5, 5.41) is 13.0. The molecule has 8 nitrogen and oxygen atoms in total. The van der Waals surface area contributed by atoms with Gasteiger partial charge in [0.2, 0.25) is 0 Å². The minimum absolute atomic E-state index is 0.0490. The number of rotatable bonds is 8. The summed E-state index contributed by atoms with van der Waals surface area (Å²) in [4.78, 5) is 24.7. The topological polar surface area (TPSA) is 122 Å². The molecule has 37 heavy (non-hydrogen) atoms. The van der Waals surface area contributed by atoms with Gasteiger partial charge in [0.15, 0.2) is 5.78 Å². The molecule has 1 amide bonds. The van der Waals surface area contributed by atoms with Crippen LogP contribution in [0.5, 0.6) is 5.75 Å². The van der Waals surface area contributed by atoms with E-state index in [9.17, 15) is 31.9 Å². The van der Waals surface area contributed by atoms with E-state index in [2.05, 4.69) is 5.32 Å². The lowest BCUT2D eigenvalue weighted by molar-refractivity contribution is 0.0742. The van der Waals surface area contributed by atoms with Gasteiger partial charge in [0.05, 0.1) is 28.8 Å². The summed E-state index contributed by atoms with van der Waals surface area (Å²) in [6.07, 6.45) is -1.74. The van der Waals surface area contributed by atoms with Gasteiger partial charge in [-0.25, -0.2) is 17.2 Å². The van der Waals surface area contributed by atoms with Gasteiger partial charge in [0.1, 0.15) is 23.5 Å². The van der Waals surface area contributed by atoms with Crippen LogP contribution in [0.3, 0.4) is 0 Å². The summed E-state index contributed by atoms with van der Waals surface area (Å²) in [5.74, 6) is -4.10. The Kier molecular flexibility index (Phi) is 7.99. The molecule has 3 aromatic carbocycles. The number of halogens is 2. The maximum atomic E-state index is 14.8. The van der Waals surface area contributed by atoms with E-state index in [1.54, 1.807) is 39.0 Å². The first-order chi connectivity index (χ1) is 17.2. The Labute approximate surface area is 213 Å². The van der Waals surface area contributed by atoms with Gasteiger partial charge < -0.3 is 15.2 Å². The van der Waals surface area contributed by atoms with Gasteiger partial charge in [-0.2, -0.15) is 0 Å². The Morgan fingerprint density at radius 2 is 1.59 bits per heavy atom. The third-order valence-corrected chi connectivity index (χ3v) is 6.51. The lowest BCUT2D eigenvalue weighted by Crippen LogP contribution is -2.40. The second kappa shape index (κ2) is 10.7. The summed E-state index contributed by atoms with van der Waals surface area (Å²) in [7, 11) is -3.21. The molecule has 0 aliphatic heterocycles. The number of carbonyl (C=O) groups is 2. The molecule has 3 N–H and O–H groups in total. The van der Waals surface area contributed by atoms with Gasteiger partial charge in [0, 0.05) is 17.7 Å².